The van der Waals surface area contributed by atoms with Crippen molar-refractivity contribution in [3.63, 3.8) is 0 Å². The van der Waals surface area contributed by atoms with Gasteiger partial charge in [0.15, 0.2) is 6.10 Å². The molecular formula is C50H93O13P. The zero-order chi connectivity index (χ0) is 47.3. The number of phosphoric ester groups is 1. The first-order valence-electron chi connectivity index (χ1n) is 25.4. The molecule has 14 heteroatoms. The Hall–Kier alpha value is -1.67. The smallest absolute Gasteiger partial charge is 0.462 e. The minimum absolute atomic E-state index is 0.00975. The highest BCUT2D eigenvalue weighted by atomic mass is 31.2. The van der Waals surface area contributed by atoms with Crippen molar-refractivity contribution in [3.05, 3.63) is 24.3 Å². The second-order valence-corrected chi connectivity index (χ2v) is 20.1. The van der Waals surface area contributed by atoms with Gasteiger partial charge in [-0.2, -0.15) is 0 Å². The maximum atomic E-state index is 12.8. The van der Waals surface area contributed by atoms with Gasteiger partial charge in [-0.05, 0) is 43.9 Å². The summed E-state index contributed by atoms with van der Waals surface area (Å²) in [6.07, 6.45) is 32.4. The topological polar surface area (TPSA) is 210 Å². The molecule has 0 heterocycles. The number of hydrogen-bond donors (Lipinski definition) is 6. The van der Waals surface area contributed by atoms with Crippen LogP contribution in [0.15, 0.2) is 24.3 Å². The first kappa shape index (κ1) is 60.3. The van der Waals surface area contributed by atoms with Gasteiger partial charge in [-0.1, -0.05) is 180 Å². The van der Waals surface area contributed by atoms with Gasteiger partial charge in [0.05, 0.1) is 38.1 Å². The number of aliphatic hydroxyl groups excluding tert-OH is 5. The van der Waals surface area contributed by atoms with Crippen molar-refractivity contribution in [2.24, 2.45) is 17.8 Å². The molecule has 376 valence electrons. The number of aliphatic hydroxyl groups is 5. The van der Waals surface area contributed by atoms with Gasteiger partial charge < -0.3 is 39.9 Å². The van der Waals surface area contributed by atoms with Crippen LogP contribution < -0.4 is 0 Å². The minimum atomic E-state index is -4.69. The highest BCUT2D eigenvalue weighted by Crippen LogP contribution is 2.43. The van der Waals surface area contributed by atoms with Crippen LogP contribution in [-0.4, -0.2) is 99.3 Å². The standard InChI is InChI=1S/C50H93O13P/c1-4-5-24-30-42(52)34-35-46-45(47(54)36-48(46)55)31-26-22-23-28-33-50(57)63-44(40-62-64(58,59)61-38-43(53)37-51)39-60-49(56)32-27-21-19-17-15-13-11-9-7-6-8-10-12-14-16-18-20-25-29-41(2)3/h22,26,34-35,41-48,51-55H,4-21,23-25,27-33,36-40H2,1-3H3,(H,58,59)/b26-22+,35-34+/t42-,43-,44+,45+,46+,47-,48+/m0/s1. The zero-order valence-electron chi connectivity index (χ0n) is 40.3. The van der Waals surface area contributed by atoms with Crippen molar-refractivity contribution < 1.29 is 63.1 Å². The Morgan fingerprint density at radius 2 is 1.20 bits per heavy atom. The number of carbonyl (C=O) groups is 2. The Balaban J connectivity index is 2.36. The third-order valence-electron chi connectivity index (χ3n) is 12.1. The van der Waals surface area contributed by atoms with Crippen molar-refractivity contribution in [2.75, 3.05) is 26.4 Å². The first-order chi connectivity index (χ1) is 30.8. The molecule has 6 N–H and O–H groups in total. The molecule has 1 saturated carbocycles. The molecule has 0 radical (unpaired) electrons. The normalized spacial score (nSPS) is 20.3. The quantitative estimate of drug-likeness (QED) is 0.0146. The fraction of sp³-hybridized carbons (Fsp3) is 0.880. The summed E-state index contributed by atoms with van der Waals surface area (Å²) in [5, 5.41) is 49.8. The summed E-state index contributed by atoms with van der Waals surface area (Å²) in [4.78, 5) is 35.3. The van der Waals surface area contributed by atoms with Gasteiger partial charge in [-0.15, -0.1) is 0 Å². The van der Waals surface area contributed by atoms with Gasteiger partial charge in [0.1, 0.15) is 12.7 Å². The second kappa shape index (κ2) is 39.3. The van der Waals surface area contributed by atoms with E-state index < -0.39 is 70.1 Å². The van der Waals surface area contributed by atoms with Crippen molar-refractivity contribution >= 4 is 19.8 Å². The molecule has 1 rings (SSSR count). The number of phosphoric acid groups is 1. The van der Waals surface area contributed by atoms with Gasteiger partial charge in [-0.3, -0.25) is 18.6 Å². The number of unbranched alkanes of at least 4 members (excludes halogenated alkanes) is 20. The summed E-state index contributed by atoms with van der Waals surface area (Å²) in [7, 11) is -4.69. The fourth-order valence-electron chi connectivity index (χ4n) is 8.12. The third kappa shape index (κ3) is 33.7. The van der Waals surface area contributed by atoms with Crippen LogP contribution in [0.25, 0.3) is 0 Å². The number of hydrogen-bond acceptors (Lipinski definition) is 12. The lowest BCUT2D eigenvalue weighted by Gasteiger charge is -2.20. The van der Waals surface area contributed by atoms with Crippen molar-refractivity contribution in [1.29, 1.82) is 0 Å². The molecule has 0 aromatic heterocycles. The van der Waals surface area contributed by atoms with Gasteiger partial charge in [0.2, 0.25) is 0 Å². The molecule has 0 saturated heterocycles. The van der Waals surface area contributed by atoms with E-state index in [1.807, 2.05) is 18.2 Å². The van der Waals surface area contributed by atoms with Crippen molar-refractivity contribution in [2.45, 2.75) is 237 Å². The number of ether oxygens (including phenoxy) is 2. The van der Waals surface area contributed by atoms with Crippen molar-refractivity contribution in [1.82, 2.24) is 0 Å². The predicted molar refractivity (Wildman–Crippen MR) is 253 cm³/mol. The lowest BCUT2D eigenvalue weighted by Crippen LogP contribution is -2.29. The number of esters is 2. The molecule has 0 aromatic carbocycles. The van der Waals surface area contributed by atoms with Gasteiger partial charge in [-0.25, -0.2) is 4.57 Å². The SMILES string of the molecule is CCCCC[C@H](O)/C=C/[C@@H]1[C@@H](C/C=C/CCCC(=O)O[C@H](COC(=O)CCCCCCCCCCCCCCCCCCCCC(C)C)COP(=O)(O)OC[C@@H](O)CO)[C@@H](O)C[C@H]1O. The van der Waals surface area contributed by atoms with Crippen LogP contribution in [0.1, 0.15) is 207 Å². The summed E-state index contributed by atoms with van der Waals surface area (Å²) < 4.78 is 32.8. The highest BCUT2D eigenvalue weighted by molar-refractivity contribution is 7.47. The molecule has 8 atom stereocenters. The second-order valence-electron chi connectivity index (χ2n) is 18.6. The van der Waals surface area contributed by atoms with E-state index in [-0.39, 0.29) is 37.7 Å². The fourth-order valence-corrected chi connectivity index (χ4v) is 8.90. The van der Waals surface area contributed by atoms with E-state index in [1.54, 1.807) is 6.08 Å². The molecule has 1 fully saturated rings. The molecular weight excluding hydrogens is 840 g/mol. The molecule has 13 nitrogen and oxygen atoms in total. The first-order valence-corrected chi connectivity index (χ1v) is 26.9. The average molecular weight is 933 g/mol. The summed E-state index contributed by atoms with van der Waals surface area (Å²) in [6, 6.07) is 0. The minimum Gasteiger partial charge on any atom is -0.462 e. The largest absolute Gasteiger partial charge is 0.472 e. The van der Waals surface area contributed by atoms with Crippen molar-refractivity contribution in [3.8, 4) is 0 Å². The third-order valence-corrected chi connectivity index (χ3v) is 13.1. The van der Waals surface area contributed by atoms with E-state index in [0.717, 1.165) is 44.4 Å². The molecule has 1 aliphatic carbocycles. The maximum absolute atomic E-state index is 12.8. The average Bonchev–Trinajstić information content (AvgIpc) is 3.53. The Morgan fingerprint density at radius 1 is 0.672 bits per heavy atom. The summed E-state index contributed by atoms with van der Waals surface area (Å²) in [5.41, 5.74) is 0. The van der Waals surface area contributed by atoms with Crippen LogP contribution in [-0.2, 0) is 32.7 Å². The molecule has 0 aliphatic heterocycles. The lowest BCUT2D eigenvalue weighted by atomic mass is 9.89. The van der Waals surface area contributed by atoms with E-state index in [0.29, 0.717) is 32.1 Å². The van der Waals surface area contributed by atoms with Crippen LogP contribution in [0, 0.1) is 17.8 Å². The molecule has 1 aliphatic rings. The van der Waals surface area contributed by atoms with E-state index in [9.17, 15) is 39.5 Å². The Bertz CT molecular complexity index is 1250. The summed E-state index contributed by atoms with van der Waals surface area (Å²) in [5.74, 6) is -0.733. The summed E-state index contributed by atoms with van der Waals surface area (Å²) >= 11 is 0. The molecule has 1 unspecified atom stereocenters. The molecule has 0 aromatic rings. The van der Waals surface area contributed by atoms with Crippen LogP contribution in [0.3, 0.4) is 0 Å². The number of rotatable bonds is 43. The van der Waals surface area contributed by atoms with Crippen LogP contribution in [0.2, 0.25) is 0 Å². The van der Waals surface area contributed by atoms with Gasteiger partial charge >= 0.3 is 19.8 Å². The number of allylic oxidation sites excluding steroid dienone is 2. The summed E-state index contributed by atoms with van der Waals surface area (Å²) in [6.45, 7) is 4.38. The molecule has 0 spiro atoms. The predicted octanol–water partition coefficient (Wildman–Crippen LogP) is 10.4. The molecule has 0 amide bonds. The Labute approximate surface area is 387 Å². The van der Waals surface area contributed by atoms with Crippen LogP contribution in [0.4, 0.5) is 0 Å². The Kier molecular flexibility index (Phi) is 37.1. The van der Waals surface area contributed by atoms with E-state index in [1.165, 1.54) is 96.3 Å². The van der Waals surface area contributed by atoms with E-state index in [4.69, 9.17) is 23.6 Å². The molecule has 0 bridgehead atoms. The van der Waals surface area contributed by atoms with E-state index >= 15 is 0 Å². The maximum Gasteiger partial charge on any atom is 0.472 e. The monoisotopic (exact) mass is 933 g/mol. The van der Waals surface area contributed by atoms with Gasteiger partial charge in [0, 0.05) is 25.2 Å². The van der Waals surface area contributed by atoms with Crippen LogP contribution in [0.5, 0.6) is 0 Å². The molecule has 64 heavy (non-hydrogen) atoms. The highest BCUT2D eigenvalue weighted by Gasteiger charge is 2.39. The lowest BCUT2D eigenvalue weighted by molar-refractivity contribution is -0.161. The zero-order valence-corrected chi connectivity index (χ0v) is 41.1. The Morgan fingerprint density at radius 3 is 1.77 bits per heavy atom. The van der Waals surface area contributed by atoms with E-state index in [2.05, 4.69) is 20.8 Å². The number of carbonyl (C=O) groups excluding carboxylic acids is 2. The van der Waals surface area contributed by atoms with Gasteiger partial charge in [0.25, 0.3) is 0 Å². The van der Waals surface area contributed by atoms with Crippen LogP contribution >= 0.6 is 7.82 Å².